The molecule has 9 heteroatoms. The number of aromatic nitrogens is 2. The Morgan fingerprint density at radius 2 is 1.86 bits per heavy atom. The van der Waals surface area contributed by atoms with Gasteiger partial charge >= 0.3 is 5.69 Å². The van der Waals surface area contributed by atoms with Crippen LogP contribution >= 0.6 is 0 Å². The fourth-order valence-corrected chi connectivity index (χ4v) is 5.51. The Labute approximate surface area is 161 Å². The number of nitrogens with zero attached hydrogens (tertiary/aromatic N) is 1. The second kappa shape index (κ2) is 7.00. The first-order valence-corrected chi connectivity index (χ1v) is 9.74. The molecule has 0 aromatic carbocycles. The summed E-state index contributed by atoms with van der Waals surface area (Å²) in [4.78, 5) is 29.8. The zero-order valence-electron chi connectivity index (χ0n) is 15.8. The van der Waals surface area contributed by atoms with E-state index in [-0.39, 0.29) is 29.8 Å². The highest BCUT2D eigenvalue weighted by atomic mass is 19.3. The zero-order chi connectivity index (χ0) is 19.9. The molecule has 1 amide bonds. The normalized spacial score (nSPS) is 30.9. The summed E-state index contributed by atoms with van der Waals surface area (Å²) in [6.45, 7) is -0.473. The third kappa shape index (κ3) is 4.44. The molecule has 0 aliphatic heterocycles. The number of carbonyl (C=O) groups excluding carboxylic acids is 1. The Hall–Kier alpha value is -2.19. The molecule has 154 valence electrons. The van der Waals surface area contributed by atoms with Crippen molar-refractivity contribution < 1.29 is 23.0 Å². The second-order valence-electron chi connectivity index (χ2n) is 8.78. The molecular weight excluding hydrogens is 372 g/mol. The topological polar surface area (TPSA) is 93.3 Å². The number of alkyl halides is 2. The lowest BCUT2D eigenvalue weighted by Crippen LogP contribution is -2.60. The predicted octanol–water partition coefficient (Wildman–Crippen LogP) is 2.27. The van der Waals surface area contributed by atoms with Crippen LogP contribution in [0.15, 0.2) is 10.9 Å². The molecule has 4 fully saturated rings. The van der Waals surface area contributed by atoms with Crippen LogP contribution in [0.1, 0.15) is 45.4 Å². The molecule has 28 heavy (non-hydrogen) atoms. The van der Waals surface area contributed by atoms with Gasteiger partial charge in [-0.2, -0.15) is 4.98 Å². The van der Waals surface area contributed by atoms with Gasteiger partial charge in [0.15, 0.2) is 13.2 Å². The van der Waals surface area contributed by atoms with Gasteiger partial charge in [0.2, 0.25) is 11.8 Å². The van der Waals surface area contributed by atoms with Gasteiger partial charge in [-0.05, 0) is 56.3 Å². The molecule has 4 aliphatic rings. The van der Waals surface area contributed by atoms with Crippen LogP contribution in [0.2, 0.25) is 0 Å². The van der Waals surface area contributed by atoms with E-state index in [1.165, 1.54) is 25.3 Å². The van der Waals surface area contributed by atoms with Crippen LogP contribution in [0.4, 0.5) is 8.78 Å². The van der Waals surface area contributed by atoms with Crippen molar-refractivity contribution in [1.82, 2.24) is 15.3 Å². The number of hydrogen-bond donors (Lipinski definition) is 2. The van der Waals surface area contributed by atoms with E-state index in [4.69, 9.17) is 9.47 Å². The molecule has 0 saturated heterocycles. The number of H-pyrrole nitrogens is 1. The number of rotatable bonds is 7. The van der Waals surface area contributed by atoms with Crippen LogP contribution in [-0.2, 0) is 4.79 Å². The Morgan fingerprint density at radius 1 is 1.25 bits per heavy atom. The lowest BCUT2D eigenvalue weighted by atomic mass is 9.53. The molecule has 0 atom stereocenters. The summed E-state index contributed by atoms with van der Waals surface area (Å²) in [5.74, 6) is -1.50. The van der Waals surface area contributed by atoms with E-state index in [0.29, 0.717) is 24.7 Å². The van der Waals surface area contributed by atoms with Gasteiger partial charge in [-0.3, -0.25) is 9.78 Å². The van der Waals surface area contributed by atoms with Gasteiger partial charge in [0, 0.05) is 12.5 Å². The highest BCUT2D eigenvalue weighted by Gasteiger charge is 2.51. The van der Waals surface area contributed by atoms with E-state index in [1.54, 1.807) is 0 Å². The first kappa shape index (κ1) is 19.1. The maximum Gasteiger partial charge on any atom is 0.351 e. The number of aromatic amines is 1. The SMILES string of the molecule is CC(F)(F)COc1cc(OCC(=O)NC23CC4CC(CC(C4)C2)C3)nc(=O)[nH]1. The third-order valence-electron chi connectivity index (χ3n) is 5.97. The predicted molar refractivity (Wildman–Crippen MR) is 95.5 cm³/mol. The van der Waals surface area contributed by atoms with Crippen molar-refractivity contribution >= 4 is 5.91 Å². The molecule has 1 heterocycles. The second-order valence-corrected chi connectivity index (χ2v) is 8.78. The smallest absolute Gasteiger partial charge is 0.351 e. The number of carbonyl (C=O) groups is 1. The summed E-state index contributed by atoms with van der Waals surface area (Å²) < 4.78 is 36.0. The molecule has 1 aromatic rings. The van der Waals surface area contributed by atoms with Gasteiger partial charge in [0.05, 0.1) is 6.07 Å². The molecule has 5 rings (SSSR count). The molecule has 4 saturated carbocycles. The van der Waals surface area contributed by atoms with Crippen LogP contribution in [0.3, 0.4) is 0 Å². The van der Waals surface area contributed by atoms with E-state index in [1.807, 2.05) is 0 Å². The maximum absolute atomic E-state index is 12.9. The van der Waals surface area contributed by atoms with Crippen molar-refractivity contribution in [1.29, 1.82) is 0 Å². The Bertz CT molecular complexity index is 770. The quantitative estimate of drug-likeness (QED) is 0.736. The summed E-state index contributed by atoms with van der Waals surface area (Å²) in [7, 11) is 0. The van der Waals surface area contributed by atoms with Crippen LogP contribution in [0.25, 0.3) is 0 Å². The van der Waals surface area contributed by atoms with Gasteiger partial charge in [0.25, 0.3) is 11.8 Å². The Balaban J connectivity index is 1.34. The van der Waals surface area contributed by atoms with Gasteiger partial charge in [0.1, 0.15) is 0 Å². The molecular formula is C19H25F2N3O4. The number of amides is 1. The molecule has 2 N–H and O–H groups in total. The van der Waals surface area contributed by atoms with Crippen LogP contribution in [-0.4, -0.2) is 40.6 Å². The monoisotopic (exact) mass is 397 g/mol. The summed E-state index contributed by atoms with van der Waals surface area (Å²) >= 11 is 0. The molecule has 4 bridgehead atoms. The van der Waals surface area contributed by atoms with Gasteiger partial charge < -0.3 is 14.8 Å². The third-order valence-corrected chi connectivity index (χ3v) is 5.97. The Kier molecular flexibility index (Phi) is 4.79. The lowest BCUT2D eigenvalue weighted by Gasteiger charge is -2.56. The average Bonchev–Trinajstić information content (AvgIpc) is 2.55. The van der Waals surface area contributed by atoms with Crippen molar-refractivity contribution in [3.8, 4) is 11.8 Å². The van der Waals surface area contributed by atoms with Crippen molar-refractivity contribution in [2.45, 2.75) is 56.9 Å². The number of ether oxygens (including phenoxy) is 2. The minimum Gasteiger partial charge on any atom is -0.472 e. The van der Waals surface area contributed by atoms with Crippen LogP contribution in [0.5, 0.6) is 11.8 Å². The molecule has 4 aliphatic carbocycles. The maximum atomic E-state index is 12.9. The van der Waals surface area contributed by atoms with Crippen LogP contribution in [0, 0.1) is 17.8 Å². The van der Waals surface area contributed by atoms with E-state index >= 15 is 0 Å². The molecule has 1 aromatic heterocycles. The summed E-state index contributed by atoms with van der Waals surface area (Å²) in [5.41, 5.74) is -0.925. The number of nitrogens with one attached hydrogen (secondary N) is 2. The van der Waals surface area contributed by atoms with Crippen LogP contribution < -0.4 is 20.5 Å². The highest BCUT2D eigenvalue weighted by molar-refractivity contribution is 5.78. The van der Waals surface area contributed by atoms with Crippen molar-refractivity contribution in [3.63, 3.8) is 0 Å². The van der Waals surface area contributed by atoms with Crippen molar-refractivity contribution in [3.05, 3.63) is 16.6 Å². The number of hydrogen-bond acceptors (Lipinski definition) is 5. The van der Waals surface area contributed by atoms with E-state index < -0.39 is 18.2 Å². The first-order chi connectivity index (χ1) is 13.2. The summed E-state index contributed by atoms with van der Waals surface area (Å²) in [5, 5.41) is 3.16. The van der Waals surface area contributed by atoms with E-state index in [9.17, 15) is 18.4 Å². The number of halogens is 2. The fourth-order valence-electron chi connectivity index (χ4n) is 5.51. The van der Waals surface area contributed by atoms with Gasteiger partial charge in [-0.25, -0.2) is 13.6 Å². The zero-order valence-corrected chi connectivity index (χ0v) is 15.8. The summed E-state index contributed by atoms with van der Waals surface area (Å²) in [6.07, 6.45) is 6.91. The molecule has 7 nitrogen and oxygen atoms in total. The van der Waals surface area contributed by atoms with Crippen molar-refractivity contribution in [2.24, 2.45) is 17.8 Å². The Morgan fingerprint density at radius 3 is 2.43 bits per heavy atom. The molecule has 0 spiro atoms. The van der Waals surface area contributed by atoms with E-state index in [0.717, 1.165) is 19.3 Å². The molecule has 0 radical (unpaired) electrons. The molecule has 0 unspecified atom stereocenters. The van der Waals surface area contributed by atoms with Gasteiger partial charge in [-0.15, -0.1) is 0 Å². The largest absolute Gasteiger partial charge is 0.472 e. The minimum absolute atomic E-state index is 0.127. The first-order valence-electron chi connectivity index (χ1n) is 9.74. The standard InChI is InChI=1S/C19H25F2N3O4/c1-18(20,21)10-28-16-5-15(22-17(26)23-16)27-9-14(25)24-19-6-11-2-12(7-19)4-13(3-11)8-19/h5,11-13H,2-4,6-10H2,1H3,(H,24,25)(H,22,23,26). The highest BCUT2D eigenvalue weighted by Crippen LogP contribution is 2.55. The average molecular weight is 397 g/mol. The fraction of sp³-hybridized carbons (Fsp3) is 0.737. The minimum atomic E-state index is -3.04. The van der Waals surface area contributed by atoms with Crippen molar-refractivity contribution in [2.75, 3.05) is 13.2 Å². The lowest BCUT2D eigenvalue weighted by molar-refractivity contribution is -0.128. The summed E-state index contributed by atoms with van der Waals surface area (Å²) in [6, 6.07) is 1.19. The van der Waals surface area contributed by atoms with E-state index in [2.05, 4.69) is 15.3 Å². The van der Waals surface area contributed by atoms with Gasteiger partial charge in [-0.1, -0.05) is 0 Å².